The molecule has 1 aromatic rings. The normalized spacial score (nSPS) is 24.3. The van der Waals surface area contributed by atoms with Crippen LogP contribution in [-0.4, -0.2) is 47.5 Å². The van der Waals surface area contributed by atoms with Gasteiger partial charge in [-0.2, -0.15) is 0 Å². The third-order valence-electron chi connectivity index (χ3n) is 5.52. The molecule has 2 fully saturated rings. The molecule has 3 rings (SSSR count). The van der Waals surface area contributed by atoms with Gasteiger partial charge in [0, 0.05) is 30.9 Å². The third kappa shape index (κ3) is 3.48. The maximum absolute atomic E-state index is 12.7. The summed E-state index contributed by atoms with van der Waals surface area (Å²) in [6.45, 7) is 9.76. The van der Waals surface area contributed by atoms with E-state index in [4.69, 9.17) is 0 Å². The molecule has 0 aromatic heterocycles. The summed E-state index contributed by atoms with van der Waals surface area (Å²) in [5, 5.41) is 3.09. The number of piperidine rings is 1. The number of rotatable bonds is 4. The first-order valence-corrected chi connectivity index (χ1v) is 9.18. The number of carbonyl (C=O) groups is 1. The Bertz CT molecular complexity index is 600. The molecule has 1 atom stereocenters. The zero-order valence-electron chi connectivity index (χ0n) is 14.8. The van der Waals surface area contributed by atoms with E-state index in [1.165, 1.54) is 24.8 Å². The molecule has 4 heteroatoms. The summed E-state index contributed by atoms with van der Waals surface area (Å²) < 4.78 is 0. The average molecular weight is 327 g/mol. The van der Waals surface area contributed by atoms with Crippen molar-refractivity contribution in [3.05, 3.63) is 42.5 Å². The predicted octanol–water partition coefficient (Wildman–Crippen LogP) is 3.90. The number of carbonyl (C=O) groups excluding carboxylic acids is 1. The zero-order valence-corrected chi connectivity index (χ0v) is 14.8. The van der Waals surface area contributed by atoms with Crippen molar-refractivity contribution in [2.75, 3.05) is 31.5 Å². The molecule has 2 amide bonds. The molecule has 2 aliphatic rings. The van der Waals surface area contributed by atoms with Crippen LogP contribution < -0.4 is 5.32 Å². The van der Waals surface area contributed by atoms with Crippen LogP contribution in [0, 0.1) is 0 Å². The van der Waals surface area contributed by atoms with E-state index in [-0.39, 0.29) is 11.6 Å². The Morgan fingerprint density at radius 2 is 2.12 bits per heavy atom. The predicted molar refractivity (Wildman–Crippen MR) is 99.4 cm³/mol. The molecular weight excluding hydrogens is 298 g/mol. The minimum atomic E-state index is 0.0350. The van der Waals surface area contributed by atoms with Gasteiger partial charge < -0.3 is 10.2 Å². The number of nitrogens with zero attached hydrogens (tertiary/aromatic N) is 2. The van der Waals surface area contributed by atoms with Gasteiger partial charge >= 0.3 is 6.03 Å². The molecule has 1 spiro atoms. The lowest BCUT2D eigenvalue weighted by Crippen LogP contribution is -2.57. The second-order valence-corrected chi connectivity index (χ2v) is 7.07. The van der Waals surface area contributed by atoms with Crippen molar-refractivity contribution in [2.24, 2.45) is 0 Å². The maximum Gasteiger partial charge on any atom is 0.321 e. The number of hydrogen-bond acceptors (Lipinski definition) is 2. The summed E-state index contributed by atoms with van der Waals surface area (Å²) in [5.41, 5.74) is 2.30. The average Bonchev–Trinajstić information content (AvgIpc) is 2.97. The van der Waals surface area contributed by atoms with Crippen LogP contribution in [-0.2, 0) is 6.42 Å². The number of urea groups is 1. The van der Waals surface area contributed by atoms with E-state index in [1.54, 1.807) is 0 Å². The van der Waals surface area contributed by atoms with Crippen LogP contribution in [0.5, 0.6) is 0 Å². The molecule has 4 nitrogen and oxygen atoms in total. The van der Waals surface area contributed by atoms with Gasteiger partial charge in [0.25, 0.3) is 0 Å². The van der Waals surface area contributed by atoms with Crippen molar-refractivity contribution in [3.63, 3.8) is 0 Å². The Hall–Kier alpha value is -1.81. The number of likely N-dealkylation sites (tertiary alicyclic amines) is 2. The van der Waals surface area contributed by atoms with Crippen LogP contribution in [0.1, 0.15) is 38.2 Å². The molecule has 0 unspecified atom stereocenters. The molecule has 1 N–H and O–H groups in total. The SMILES string of the molecule is C=CCN1CCC[C@@]12CCCN(C(=O)Nc1cccc(CC)c1)C2. The minimum Gasteiger partial charge on any atom is -0.323 e. The summed E-state index contributed by atoms with van der Waals surface area (Å²) in [7, 11) is 0. The summed E-state index contributed by atoms with van der Waals surface area (Å²) in [6.07, 6.45) is 7.65. The smallest absolute Gasteiger partial charge is 0.321 e. The second kappa shape index (κ2) is 7.39. The molecule has 0 aliphatic carbocycles. The molecule has 0 bridgehead atoms. The first-order chi connectivity index (χ1) is 11.7. The van der Waals surface area contributed by atoms with Crippen LogP contribution in [0.4, 0.5) is 10.5 Å². The Balaban J connectivity index is 1.67. The standard InChI is InChI=1S/C20H29N3O/c1-3-12-23-14-7-11-20(23)10-6-13-22(16-20)19(24)21-18-9-5-8-17(4-2)15-18/h3,5,8-9,15H,1,4,6-7,10-14,16H2,2H3,(H,21,24)/t20-/m1/s1. The summed E-state index contributed by atoms with van der Waals surface area (Å²) in [5.74, 6) is 0. The molecule has 2 aliphatic heterocycles. The van der Waals surface area contributed by atoms with E-state index in [1.807, 2.05) is 23.1 Å². The fourth-order valence-corrected chi connectivity index (χ4v) is 4.25. The van der Waals surface area contributed by atoms with Crippen LogP contribution >= 0.6 is 0 Å². The highest BCUT2D eigenvalue weighted by Crippen LogP contribution is 2.37. The number of aryl methyl sites for hydroxylation is 1. The van der Waals surface area contributed by atoms with E-state index in [0.29, 0.717) is 0 Å². The molecule has 0 radical (unpaired) electrons. The second-order valence-electron chi connectivity index (χ2n) is 7.07. The lowest BCUT2D eigenvalue weighted by Gasteiger charge is -2.45. The van der Waals surface area contributed by atoms with E-state index in [2.05, 4.69) is 35.9 Å². The van der Waals surface area contributed by atoms with Crippen molar-refractivity contribution in [2.45, 2.75) is 44.6 Å². The first-order valence-electron chi connectivity index (χ1n) is 9.18. The Kier molecular flexibility index (Phi) is 5.24. The molecular formula is C20H29N3O. The fourth-order valence-electron chi connectivity index (χ4n) is 4.25. The van der Waals surface area contributed by atoms with E-state index < -0.39 is 0 Å². The van der Waals surface area contributed by atoms with Gasteiger partial charge in [-0.25, -0.2) is 4.79 Å². The van der Waals surface area contributed by atoms with E-state index in [0.717, 1.165) is 44.7 Å². The van der Waals surface area contributed by atoms with Gasteiger partial charge in [0.05, 0.1) is 0 Å². The lowest BCUT2D eigenvalue weighted by atomic mass is 9.86. The van der Waals surface area contributed by atoms with Gasteiger partial charge in [0.2, 0.25) is 0 Å². The molecule has 0 saturated carbocycles. The first kappa shape index (κ1) is 17.0. The quantitative estimate of drug-likeness (QED) is 0.851. The Morgan fingerprint density at radius 1 is 1.33 bits per heavy atom. The van der Waals surface area contributed by atoms with Crippen LogP contribution in [0.3, 0.4) is 0 Å². The number of benzene rings is 1. The minimum absolute atomic E-state index is 0.0350. The highest BCUT2D eigenvalue weighted by molar-refractivity contribution is 5.89. The summed E-state index contributed by atoms with van der Waals surface area (Å²) in [4.78, 5) is 17.3. The fraction of sp³-hybridized carbons (Fsp3) is 0.550. The molecule has 130 valence electrons. The van der Waals surface area contributed by atoms with E-state index >= 15 is 0 Å². The molecule has 1 aromatic carbocycles. The molecule has 2 saturated heterocycles. The third-order valence-corrected chi connectivity index (χ3v) is 5.52. The Labute approximate surface area is 145 Å². The number of hydrogen-bond donors (Lipinski definition) is 1. The molecule has 24 heavy (non-hydrogen) atoms. The summed E-state index contributed by atoms with van der Waals surface area (Å²) >= 11 is 0. The van der Waals surface area contributed by atoms with Gasteiger partial charge in [-0.15, -0.1) is 6.58 Å². The van der Waals surface area contributed by atoms with Crippen LogP contribution in [0.2, 0.25) is 0 Å². The Morgan fingerprint density at radius 3 is 2.88 bits per heavy atom. The van der Waals surface area contributed by atoms with Crippen molar-refractivity contribution in [1.82, 2.24) is 9.80 Å². The molecule has 2 heterocycles. The van der Waals surface area contributed by atoms with Gasteiger partial charge in [-0.05, 0) is 56.3 Å². The van der Waals surface area contributed by atoms with Gasteiger partial charge in [0.15, 0.2) is 0 Å². The van der Waals surface area contributed by atoms with Crippen molar-refractivity contribution >= 4 is 11.7 Å². The van der Waals surface area contributed by atoms with Crippen LogP contribution in [0.25, 0.3) is 0 Å². The maximum atomic E-state index is 12.7. The largest absolute Gasteiger partial charge is 0.323 e. The van der Waals surface area contributed by atoms with Gasteiger partial charge in [-0.3, -0.25) is 4.90 Å². The highest BCUT2D eigenvalue weighted by atomic mass is 16.2. The van der Waals surface area contributed by atoms with Crippen molar-refractivity contribution in [3.8, 4) is 0 Å². The van der Waals surface area contributed by atoms with E-state index in [9.17, 15) is 4.79 Å². The number of amides is 2. The lowest BCUT2D eigenvalue weighted by molar-refractivity contribution is 0.0670. The topological polar surface area (TPSA) is 35.6 Å². The number of anilines is 1. The zero-order chi connectivity index (χ0) is 17.0. The van der Waals surface area contributed by atoms with Gasteiger partial charge in [0.1, 0.15) is 0 Å². The van der Waals surface area contributed by atoms with Crippen molar-refractivity contribution < 1.29 is 4.79 Å². The highest BCUT2D eigenvalue weighted by Gasteiger charge is 2.44. The number of nitrogens with one attached hydrogen (secondary N) is 1. The summed E-state index contributed by atoms with van der Waals surface area (Å²) in [6, 6.07) is 8.17. The van der Waals surface area contributed by atoms with Crippen molar-refractivity contribution in [1.29, 1.82) is 0 Å². The van der Waals surface area contributed by atoms with Gasteiger partial charge in [-0.1, -0.05) is 25.1 Å². The van der Waals surface area contributed by atoms with Crippen LogP contribution in [0.15, 0.2) is 36.9 Å². The monoisotopic (exact) mass is 327 g/mol.